The first-order valence-corrected chi connectivity index (χ1v) is 13.2. The number of nitrogens with zero attached hydrogens (tertiary/aromatic N) is 2. The van der Waals surface area contributed by atoms with Gasteiger partial charge in [0, 0.05) is 31.2 Å². The van der Waals surface area contributed by atoms with Crippen molar-refractivity contribution in [3.63, 3.8) is 0 Å². The van der Waals surface area contributed by atoms with Crippen LogP contribution < -0.4 is 5.32 Å². The second kappa shape index (κ2) is 9.88. The van der Waals surface area contributed by atoms with Crippen LogP contribution in [0, 0.1) is 0 Å². The molecule has 1 saturated heterocycles. The average Bonchev–Trinajstić information content (AvgIpc) is 3.04. The molecule has 0 spiro atoms. The Balaban J connectivity index is 2.05. The number of carbonyl (C=O) groups is 2. The van der Waals surface area contributed by atoms with E-state index in [0.29, 0.717) is 19.5 Å². The Bertz CT molecular complexity index is 970. The second-order valence-electron chi connectivity index (χ2n) is 7.10. The third-order valence-electron chi connectivity index (χ3n) is 5.05. The van der Waals surface area contributed by atoms with Gasteiger partial charge < -0.3 is 10.2 Å². The van der Waals surface area contributed by atoms with Gasteiger partial charge in [-0.1, -0.05) is 13.8 Å². The number of hydrogen-bond acceptors (Lipinski definition) is 6. The summed E-state index contributed by atoms with van der Waals surface area (Å²) in [7, 11) is -6.72. The zero-order valence-electron chi connectivity index (χ0n) is 17.5. The van der Waals surface area contributed by atoms with Crippen LogP contribution in [-0.2, 0) is 24.7 Å². The number of sulfonamides is 1. The van der Waals surface area contributed by atoms with Gasteiger partial charge in [0.15, 0.2) is 9.84 Å². The standard InChI is InChI=1S/C19H29N3O6S2/c1-4-21(13-18(23)20-16-11-12-29(25,26)14-16)19(24)15-7-9-17(10-8-15)30(27,28)22(5-2)6-3/h7-10,16H,4-6,11-14H2,1-3H3,(H,20,23)/t16-/m1/s1. The Kier molecular flexibility index (Phi) is 8.00. The molecule has 0 bridgehead atoms. The molecule has 1 atom stereocenters. The van der Waals surface area contributed by atoms with Crippen LogP contribution in [0.25, 0.3) is 0 Å². The van der Waals surface area contributed by atoms with Gasteiger partial charge in [-0.2, -0.15) is 4.31 Å². The van der Waals surface area contributed by atoms with Crippen molar-refractivity contribution in [1.29, 1.82) is 0 Å². The molecule has 1 aromatic rings. The molecule has 1 fully saturated rings. The van der Waals surface area contributed by atoms with E-state index in [1.807, 2.05) is 0 Å². The highest BCUT2D eigenvalue weighted by Gasteiger charge is 2.29. The lowest BCUT2D eigenvalue weighted by atomic mass is 10.2. The number of rotatable bonds is 9. The minimum absolute atomic E-state index is 0.0527. The van der Waals surface area contributed by atoms with Crippen LogP contribution in [0.1, 0.15) is 37.6 Å². The predicted octanol–water partition coefficient (Wildman–Crippen LogP) is 0.483. The fourth-order valence-corrected chi connectivity index (χ4v) is 6.48. The Labute approximate surface area is 178 Å². The first-order valence-electron chi connectivity index (χ1n) is 9.93. The van der Waals surface area contributed by atoms with E-state index in [4.69, 9.17) is 0 Å². The summed E-state index contributed by atoms with van der Waals surface area (Å²) in [5.41, 5.74) is 0.270. The maximum atomic E-state index is 12.7. The zero-order chi connectivity index (χ0) is 22.5. The quantitative estimate of drug-likeness (QED) is 0.573. The monoisotopic (exact) mass is 459 g/mol. The van der Waals surface area contributed by atoms with Gasteiger partial charge in [0.05, 0.1) is 22.9 Å². The number of carbonyl (C=O) groups excluding carboxylic acids is 2. The lowest BCUT2D eigenvalue weighted by Gasteiger charge is -2.22. The first kappa shape index (κ1) is 24.3. The van der Waals surface area contributed by atoms with Crippen molar-refractivity contribution in [3.8, 4) is 0 Å². The largest absolute Gasteiger partial charge is 0.351 e. The van der Waals surface area contributed by atoms with Crippen LogP contribution in [-0.4, -0.2) is 81.6 Å². The van der Waals surface area contributed by atoms with E-state index in [1.54, 1.807) is 20.8 Å². The van der Waals surface area contributed by atoms with Crippen molar-refractivity contribution in [2.75, 3.05) is 37.7 Å². The molecule has 2 amide bonds. The van der Waals surface area contributed by atoms with E-state index in [2.05, 4.69) is 5.32 Å². The van der Waals surface area contributed by atoms with E-state index in [-0.39, 0.29) is 35.1 Å². The predicted molar refractivity (Wildman–Crippen MR) is 113 cm³/mol. The molecule has 1 aliphatic heterocycles. The molecule has 1 aromatic carbocycles. The summed E-state index contributed by atoms with van der Waals surface area (Å²) in [6, 6.07) is 5.21. The SMILES string of the molecule is CCN(CC(=O)N[C@@H]1CCS(=O)(=O)C1)C(=O)c1ccc(S(=O)(=O)N(CC)CC)cc1. The highest BCUT2D eigenvalue weighted by atomic mass is 32.2. The zero-order valence-corrected chi connectivity index (χ0v) is 19.1. The Morgan fingerprint density at radius 2 is 1.67 bits per heavy atom. The minimum atomic E-state index is -3.62. The summed E-state index contributed by atoms with van der Waals surface area (Å²) in [6.07, 6.45) is 0.372. The van der Waals surface area contributed by atoms with Gasteiger partial charge >= 0.3 is 0 Å². The maximum Gasteiger partial charge on any atom is 0.254 e. The van der Waals surface area contributed by atoms with Gasteiger partial charge in [-0.05, 0) is 37.6 Å². The average molecular weight is 460 g/mol. The molecule has 11 heteroatoms. The lowest BCUT2D eigenvalue weighted by Crippen LogP contribution is -2.44. The molecule has 0 aliphatic carbocycles. The molecule has 0 radical (unpaired) electrons. The molecule has 0 aromatic heterocycles. The van der Waals surface area contributed by atoms with Crippen LogP contribution in [0.4, 0.5) is 0 Å². The second-order valence-corrected chi connectivity index (χ2v) is 11.3. The number of likely N-dealkylation sites (N-methyl/N-ethyl adjacent to an activating group) is 1. The van der Waals surface area contributed by atoms with E-state index in [9.17, 15) is 26.4 Å². The fourth-order valence-electron chi connectivity index (χ4n) is 3.35. The van der Waals surface area contributed by atoms with Crippen LogP contribution >= 0.6 is 0 Å². The maximum absolute atomic E-state index is 12.7. The molecule has 30 heavy (non-hydrogen) atoms. The van der Waals surface area contributed by atoms with E-state index < -0.39 is 37.7 Å². The Morgan fingerprint density at radius 1 is 1.07 bits per heavy atom. The van der Waals surface area contributed by atoms with Gasteiger partial charge in [0.25, 0.3) is 5.91 Å². The number of sulfone groups is 1. The normalized spacial score (nSPS) is 18.3. The summed E-state index contributed by atoms with van der Waals surface area (Å²) in [4.78, 5) is 26.4. The number of nitrogens with one attached hydrogen (secondary N) is 1. The van der Waals surface area contributed by atoms with Crippen LogP contribution in [0.2, 0.25) is 0 Å². The van der Waals surface area contributed by atoms with Crippen molar-refractivity contribution in [3.05, 3.63) is 29.8 Å². The summed E-state index contributed by atoms with van der Waals surface area (Å²) in [5, 5.41) is 2.66. The molecule has 0 saturated carbocycles. The molecule has 1 heterocycles. The number of benzene rings is 1. The molecular weight excluding hydrogens is 430 g/mol. The van der Waals surface area contributed by atoms with Gasteiger partial charge in [-0.15, -0.1) is 0 Å². The Morgan fingerprint density at radius 3 is 2.13 bits per heavy atom. The lowest BCUT2D eigenvalue weighted by molar-refractivity contribution is -0.122. The fraction of sp³-hybridized carbons (Fsp3) is 0.579. The molecule has 2 rings (SSSR count). The van der Waals surface area contributed by atoms with Gasteiger partial charge in [0.1, 0.15) is 0 Å². The van der Waals surface area contributed by atoms with Crippen molar-refractivity contribution in [2.24, 2.45) is 0 Å². The van der Waals surface area contributed by atoms with Crippen molar-refractivity contribution in [2.45, 2.75) is 38.1 Å². The van der Waals surface area contributed by atoms with Crippen LogP contribution in [0.15, 0.2) is 29.2 Å². The van der Waals surface area contributed by atoms with E-state index in [1.165, 1.54) is 33.5 Å². The van der Waals surface area contributed by atoms with E-state index in [0.717, 1.165) is 0 Å². The first-order chi connectivity index (χ1) is 14.0. The molecule has 168 valence electrons. The summed E-state index contributed by atoms with van der Waals surface area (Å²) < 4.78 is 49.5. The highest BCUT2D eigenvalue weighted by molar-refractivity contribution is 7.91. The van der Waals surface area contributed by atoms with Crippen molar-refractivity contribution < 1.29 is 26.4 Å². The molecule has 9 nitrogen and oxygen atoms in total. The van der Waals surface area contributed by atoms with Gasteiger partial charge in [0.2, 0.25) is 15.9 Å². The summed E-state index contributed by atoms with van der Waals surface area (Å²) >= 11 is 0. The smallest absolute Gasteiger partial charge is 0.254 e. The highest BCUT2D eigenvalue weighted by Crippen LogP contribution is 2.17. The van der Waals surface area contributed by atoms with Crippen LogP contribution in [0.5, 0.6) is 0 Å². The third kappa shape index (κ3) is 5.79. The molecule has 1 aliphatic rings. The van der Waals surface area contributed by atoms with Gasteiger partial charge in [-0.3, -0.25) is 9.59 Å². The van der Waals surface area contributed by atoms with Crippen LogP contribution in [0.3, 0.4) is 0 Å². The third-order valence-corrected chi connectivity index (χ3v) is 8.88. The minimum Gasteiger partial charge on any atom is -0.351 e. The number of hydrogen-bond donors (Lipinski definition) is 1. The topological polar surface area (TPSA) is 121 Å². The number of amides is 2. The Hall–Kier alpha value is -1.98. The van der Waals surface area contributed by atoms with Crippen molar-refractivity contribution in [1.82, 2.24) is 14.5 Å². The summed E-state index contributed by atoms with van der Waals surface area (Å²) in [6.45, 7) is 6.00. The molecule has 0 unspecified atom stereocenters. The summed E-state index contributed by atoms with van der Waals surface area (Å²) in [5.74, 6) is -0.857. The van der Waals surface area contributed by atoms with Crippen molar-refractivity contribution >= 4 is 31.7 Å². The van der Waals surface area contributed by atoms with E-state index >= 15 is 0 Å². The molecule has 1 N–H and O–H groups in total. The van der Waals surface area contributed by atoms with Gasteiger partial charge in [-0.25, -0.2) is 16.8 Å². The molecular formula is C19H29N3O6S2.